The van der Waals surface area contributed by atoms with Gasteiger partial charge in [0.25, 0.3) is 0 Å². The fourth-order valence-corrected chi connectivity index (χ4v) is 2.42. The Balaban J connectivity index is 2.32. The molecule has 2 rings (SSSR count). The van der Waals surface area contributed by atoms with Gasteiger partial charge in [0.1, 0.15) is 6.54 Å². The Labute approximate surface area is 116 Å². The number of amides is 1. The first-order valence-electron chi connectivity index (χ1n) is 5.70. The molecule has 0 aliphatic rings. The van der Waals surface area contributed by atoms with Gasteiger partial charge < -0.3 is 9.88 Å². The summed E-state index contributed by atoms with van der Waals surface area (Å²) >= 11 is 12.1. The van der Waals surface area contributed by atoms with Crippen LogP contribution in [0.1, 0.15) is 13.8 Å². The standard InChI is InChI=1S/C13H14Cl2N2O/c1-8(2)16-13(18)7-17-4-3-10-11(15)5-9(14)6-12(10)17/h3-6,8H,7H2,1-2H3,(H,16,18). The van der Waals surface area contributed by atoms with Crippen molar-refractivity contribution < 1.29 is 4.79 Å². The Kier molecular flexibility index (Phi) is 3.83. The number of nitrogens with one attached hydrogen (secondary N) is 1. The molecule has 1 N–H and O–H groups in total. The zero-order chi connectivity index (χ0) is 13.3. The van der Waals surface area contributed by atoms with Gasteiger partial charge in [-0.3, -0.25) is 4.79 Å². The van der Waals surface area contributed by atoms with E-state index in [0.717, 1.165) is 10.9 Å². The topological polar surface area (TPSA) is 34.0 Å². The molecule has 5 heteroatoms. The average molecular weight is 285 g/mol. The van der Waals surface area contributed by atoms with Crippen molar-refractivity contribution in [1.29, 1.82) is 0 Å². The fraction of sp³-hybridized carbons (Fsp3) is 0.308. The molecule has 0 unspecified atom stereocenters. The van der Waals surface area contributed by atoms with Gasteiger partial charge >= 0.3 is 0 Å². The van der Waals surface area contributed by atoms with E-state index in [2.05, 4.69) is 5.32 Å². The van der Waals surface area contributed by atoms with Gasteiger partial charge in [0.15, 0.2) is 0 Å². The molecule has 1 aromatic heterocycles. The summed E-state index contributed by atoms with van der Waals surface area (Å²) in [6, 6.07) is 5.53. The van der Waals surface area contributed by atoms with Crippen LogP contribution in [0.15, 0.2) is 24.4 Å². The summed E-state index contributed by atoms with van der Waals surface area (Å²) in [4.78, 5) is 11.7. The van der Waals surface area contributed by atoms with Crippen molar-refractivity contribution in [2.24, 2.45) is 0 Å². The highest BCUT2D eigenvalue weighted by molar-refractivity contribution is 6.38. The first kappa shape index (κ1) is 13.2. The number of rotatable bonds is 3. The molecule has 2 aromatic rings. The molecule has 0 saturated heterocycles. The first-order valence-corrected chi connectivity index (χ1v) is 6.46. The molecule has 0 aliphatic heterocycles. The van der Waals surface area contributed by atoms with Gasteiger partial charge in [0.05, 0.1) is 10.5 Å². The van der Waals surface area contributed by atoms with Crippen LogP contribution in [0.4, 0.5) is 0 Å². The maximum atomic E-state index is 11.7. The van der Waals surface area contributed by atoms with Gasteiger partial charge in [-0.15, -0.1) is 0 Å². The predicted octanol–water partition coefficient (Wildman–Crippen LogP) is 3.47. The molecule has 0 aliphatic carbocycles. The third-order valence-corrected chi connectivity index (χ3v) is 3.10. The van der Waals surface area contributed by atoms with Gasteiger partial charge in [-0.05, 0) is 32.0 Å². The third kappa shape index (κ3) is 2.79. The molecular formula is C13H14Cl2N2O. The molecule has 1 heterocycles. The highest BCUT2D eigenvalue weighted by Crippen LogP contribution is 2.28. The number of halogens is 2. The lowest BCUT2D eigenvalue weighted by Gasteiger charge is -2.10. The van der Waals surface area contributed by atoms with Crippen molar-refractivity contribution in [1.82, 2.24) is 9.88 Å². The number of benzene rings is 1. The van der Waals surface area contributed by atoms with Gasteiger partial charge in [-0.1, -0.05) is 23.2 Å². The Morgan fingerprint density at radius 2 is 2.11 bits per heavy atom. The Morgan fingerprint density at radius 3 is 2.78 bits per heavy atom. The van der Waals surface area contributed by atoms with E-state index >= 15 is 0 Å². The van der Waals surface area contributed by atoms with E-state index in [4.69, 9.17) is 23.2 Å². The van der Waals surface area contributed by atoms with Crippen LogP contribution in [0.25, 0.3) is 10.9 Å². The van der Waals surface area contributed by atoms with E-state index in [1.165, 1.54) is 0 Å². The quantitative estimate of drug-likeness (QED) is 0.920. The van der Waals surface area contributed by atoms with E-state index in [9.17, 15) is 4.79 Å². The predicted molar refractivity (Wildman–Crippen MR) is 75.2 cm³/mol. The second-order valence-corrected chi connectivity index (χ2v) is 5.33. The highest BCUT2D eigenvalue weighted by atomic mass is 35.5. The van der Waals surface area contributed by atoms with Crippen LogP contribution >= 0.6 is 23.2 Å². The number of hydrogen-bond acceptors (Lipinski definition) is 1. The van der Waals surface area contributed by atoms with E-state index in [1.807, 2.05) is 36.7 Å². The van der Waals surface area contributed by atoms with Gasteiger partial charge in [0, 0.05) is 22.6 Å². The zero-order valence-corrected chi connectivity index (χ0v) is 11.7. The Morgan fingerprint density at radius 1 is 1.39 bits per heavy atom. The van der Waals surface area contributed by atoms with Gasteiger partial charge in [0.2, 0.25) is 5.91 Å². The van der Waals surface area contributed by atoms with Crippen LogP contribution in [-0.4, -0.2) is 16.5 Å². The summed E-state index contributed by atoms with van der Waals surface area (Å²) in [6.45, 7) is 4.12. The second kappa shape index (κ2) is 5.21. The number of fused-ring (bicyclic) bond motifs is 1. The molecule has 0 fully saturated rings. The van der Waals surface area contributed by atoms with Crippen molar-refractivity contribution >= 4 is 40.0 Å². The minimum Gasteiger partial charge on any atom is -0.352 e. The summed E-state index contributed by atoms with van der Waals surface area (Å²) in [5, 5.41) is 4.91. The summed E-state index contributed by atoms with van der Waals surface area (Å²) in [5.41, 5.74) is 0.867. The Hall–Kier alpha value is -1.19. The van der Waals surface area contributed by atoms with Crippen molar-refractivity contribution in [2.75, 3.05) is 0 Å². The summed E-state index contributed by atoms with van der Waals surface area (Å²) < 4.78 is 1.84. The van der Waals surface area contributed by atoms with Crippen LogP contribution < -0.4 is 5.32 Å². The molecule has 96 valence electrons. The smallest absolute Gasteiger partial charge is 0.240 e. The average Bonchev–Trinajstić information content (AvgIpc) is 2.60. The summed E-state index contributed by atoms with van der Waals surface area (Å²) in [5.74, 6) is -0.0291. The molecule has 1 aromatic carbocycles. The fourth-order valence-electron chi connectivity index (χ4n) is 1.88. The monoisotopic (exact) mass is 284 g/mol. The number of hydrogen-bond donors (Lipinski definition) is 1. The number of carbonyl (C=O) groups excluding carboxylic acids is 1. The molecule has 18 heavy (non-hydrogen) atoms. The van der Waals surface area contributed by atoms with Crippen molar-refractivity contribution in [3.05, 3.63) is 34.4 Å². The van der Waals surface area contributed by atoms with Gasteiger partial charge in [-0.2, -0.15) is 0 Å². The molecule has 0 bridgehead atoms. The first-order chi connectivity index (χ1) is 8.47. The van der Waals surface area contributed by atoms with Crippen molar-refractivity contribution in [2.45, 2.75) is 26.4 Å². The molecular weight excluding hydrogens is 271 g/mol. The van der Waals surface area contributed by atoms with Crippen LogP contribution in [-0.2, 0) is 11.3 Å². The highest BCUT2D eigenvalue weighted by Gasteiger charge is 2.10. The molecule has 0 atom stereocenters. The Bertz CT molecular complexity index is 590. The van der Waals surface area contributed by atoms with E-state index < -0.39 is 0 Å². The molecule has 1 amide bonds. The molecule has 0 radical (unpaired) electrons. The number of aromatic nitrogens is 1. The summed E-state index contributed by atoms with van der Waals surface area (Å²) in [7, 11) is 0. The van der Waals surface area contributed by atoms with Crippen molar-refractivity contribution in [3.63, 3.8) is 0 Å². The maximum Gasteiger partial charge on any atom is 0.240 e. The second-order valence-electron chi connectivity index (χ2n) is 4.49. The van der Waals surface area contributed by atoms with Crippen LogP contribution in [0.3, 0.4) is 0 Å². The minimum absolute atomic E-state index is 0.0291. The zero-order valence-electron chi connectivity index (χ0n) is 10.2. The largest absolute Gasteiger partial charge is 0.352 e. The van der Waals surface area contributed by atoms with E-state index in [-0.39, 0.29) is 18.5 Å². The number of carbonyl (C=O) groups is 1. The summed E-state index contributed by atoms with van der Waals surface area (Å²) in [6.07, 6.45) is 1.84. The lowest BCUT2D eigenvalue weighted by Crippen LogP contribution is -2.32. The minimum atomic E-state index is -0.0291. The van der Waals surface area contributed by atoms with E-state index in [0.29, 0.717) is 10.0 Å². The SMILES string of the molecule is CC(C)NC(=O)Cn1ccc2c(Cl)cc(Cl)cc21. The molecule has 3 nitrogen and oxygen atoms in total. The lowest BCUT2D eigenvalue weighted by atomic mass is 10.2. The molecule has 0 saturated carbocycles. The van der Waals surface area contributed by atoms with Crippen LogP contribution in [0.2, 0.25) is 10.0 Å². The van der Waals surface area contributed by atoms with Crippen LogP contribution in [0.5, 0.6) is 0 Å². The molecule has 0 spiro atoms. The van der Waals surface area contributed by atoms with Crippen LogP contribution in [0, 0.1) is 0 Å². The van der Waals surface area contributed by atoms with Gasteiger partial charge in [-0.25, -0.2) is 0 Å². The maximum absolute atomic E-state index is 11.7. The number of nitrogens with zero attached hydrogens (tertiary/aromatic N) is 1. The van der Waals surface area contributed by atoms with E-state index in [1.54, 1.807) is 6.07 Å². The van der Waals surface area contributed by atoms with Crippen molar-refractivity contribution in [3.8, 4) is 0 Å². The normalized spacial score (nSPS) is 11.2. The third-order valence-electron chi connectivity index (χ3n) is 2.57. The lowest BCUT2D eigenvalue weighted by molar-refractivity contribution is -0.122.